The van der Waals surface area contributed by atoms with E-state index in [0.29, 0.717) is 44.9 Å². The lowest BCUT2D eigenvalue weighted by atomic mass is 9.41. The van der Waals surface area contributed by atoms with Gasteiger partial charge in [-0.15, -0.1) is 0 Å². The molecule has 0 spiro atoms. The summed E-state index contributed by atoms with van der Waals surface area (Å²) in [5.74, 6) is -1.36. The van der Waals surface area contributed by atoms with Crippen molar-refractivity contribution in [1.82, 2.24) is 5.43 Å². The number of hydrogen-bond donors (Lipinski definition) is 4. The molecule has 5 aliphatic rings. The van der Waals surface area contributed by atoms with Crippen LogP contribution in [0, 0.1) is 38.7 Å². The quantitative estimate of drug-likeness (QED) is 0.182. The van der Waals surface area contributed by atoms with Gasteiger partial charge in [0, 0.05) is 35.6 Å². The van der Waals surface area contributed by atoms with E-state index in [1.807, 2.05) is 0 Å². The van der Waals surface area contributed by atoms with Gasteiger partial charge in [-0.05, 0) is 80.8 Å². The molecular formula is C30H37N3O8. The number of nitrogens with one attached hydrogen (secondary N) is 1. The number of para-hydroxylation sites is 1. The Bertz CT molecular complexity index is 1350. The van der Waals surface area contributed by atoms with Crippen molar-refractivity contribution in [2.75, 3.05) is 6.61 Å². The third-order valence-electron chi connectivity index (χ3n) is 11.4. The van der Waals surface area contributed by atoms with Gasteiger partial charge in [0.1, 0.15) is 12.2 Å². The zero-order chi connectivity index (χ0) is 29.2. The number of carbonyl (C=O) groups excluding carboxylic acids is 2. The molecule has 0 aromatic heterocycles. The standard InChI is InChI=1S/C30H37N3O8/c1-27-10-7-22-23(30(27,38)13-9-21(27)18-14-25(35)41-16-18)8-12-29(37)15-19(34)6-11-28(22,29)17-31-32-26(36)20-4-2-3-5-24(20)33(39)40/h2-5,14,17,19,21-23,34,37-38H,6-13,15-16H2,1H3,(H,32,36)/b31-17+/t19-,21?,22+,23-,27?,28?,29?,30?/m1/s1. The summed E-state index contributed by atoms with van der Waals surface area (Å²) < 4.78 is 5.21. The predicted molar refractivity (Wildman–Crippen MR) is 147 cm³/mol. The number of benzene rings is 1. The maximum atomic E-state index is 12.9. The van der Waals surface area contributed by atoms with Crippen LogP contribution < -0.4 is 5.43 Å². The minimum Gasteiger partial charge on any atom is -0.458 e. The minimum atomic E-state index is -1.28. The highest BCUT2D eigenvalue weighted by Gasteiger charge is 2.71. The van der Waals surface area contributed by atoms with Crippen molar-refractivity contribution in [2.24, 2.45) is 33.7 Å². The number of rotatable bonds is 5. The van der Waals surface area contributed by atoms with Gasteiger partial charge in [-0.3, -0.25) is 14.9 Å². The van der Waals surface area contributed by atoms with Crippen molar-refractivity contribution >= 4 is 23.8 Å². The van der Waals surface area contributed by atoms with Crippen LogP contribution in [0.15, 0.2) is 41.0 Å². The third kappa shape index (κ3) is 4.07. The summed E-state index contributed by atoms with van der Waals surface area (Å²) in [5, 5.41) is 50.8. The van der Waals surface area contributed by atoms with E-state index >= 15 is 0 Å². The Labute approximate surface area is 237 Å². The molecule has 4 saturated carbocycles. The van der Waals surface area contributed by atoms with Crippen molar-refractivity contribution in [3.05, 3.63) is 51.6 Å². The van der Waals surface area contributed by atoms with Crippen LogP contribution in [0.2, 0.25) is 0 Å². The maximum absolute atomic E-state index is 12.9. The van der Waals surface area contributed by atoms with E-state index < -0.39 is 39.0 Å². The van der Waals surface area contributed by atoms with E-state index in [1.165, 1.54) is 24.3 Å². The summed E-state index contributed by atoms with van der Waals surface area (Å²) in [6.45, 7) is 2.38. The highest BCUT2D eigenvalue weighted by Crippen LogP contribution is 2.70. The highest BCUT2D eigenvalue weighted by atomic mass is 16.6. The lowest BCUT2D eigenvalue weighted by Gasteiger charge is -2.65. The molecule has 1 heterocycles. The number of ether oxygens (including phenoxy) is 1. The Kier molecular flexibility index (Phi) is 6.63. The van der Waals surface area contributed by atoms with Gasteiger partial charge in [-0.1, -0.05) is 19.1 Å². The SMILES string of the molecule is CC12CC[C@H]3[C@@H](CCC4(O)C[C@H](O)CCC34/C=N/NC(=O)c3ccccc3[N+](=O)[O-])C1(O)CCC2C1=CC(=O)OC1. The molecule has 220 valence electrons. The number of hydrazone groups is 1. The number of aliphatic hydroxyl groups excluding tert-OH is 1. The van der Waals surface area contributed by atoms with Crippen LogP contribution in [0.1, 0.15) is 75.1 Å². The topological polar surface area (TPSA) is 172 Å². The maximum Gasteiger partial charge on any atom is 0.331 e. The number of cyclic esters (lactones) is 1. The average molecular weight is 568 g/mol. The van der Waals surface area contributed by atoms with Crippen molar-refractivity contribution in [2.45, 2.75) is 82.0 Å². The first-order chi connectivity index (χ1) is 19.4. The summed E-state index contributed by atoms with van der Waals surface area (Å²) in [7, 11) is 0. The van der Waals surface area contributed by atoms with E-state index in [9.17, 15) is 35.0 Å². The molecule has 4 N–H and O–H groups in total. The second-order valence-corrected chi connectivity index (χ2v) is 13.0. The number of nitro benzene ring substituents is 1. The molecule has 1 aliphatic heterocycles. The van der Waals surface area contributed by atoms with E-state index in [4.69, 9.17) is 4.74 Å². The van der Waals surface area contributed by atoms with Gasteiger partial charge in [0.15, 0.2) is 0 Å². The van der Waals surface area contributed by atoms with Crippen LogP contribution in [-0.2, 0) is 9.53 Å². The summed E-state index contributed by atoms with van der Waals surface area (Å²) in [6, 6.07) is 5.63. The molecule has 0 bridgehead atoms. The van der Waals surface area contributed by atoms with Gasteiger partial charge in [-0.25, -0.2) is 10.2 Å². The van der Waals surface area contributed by atoms with Crippen LogP contribution in [0.5, 0.6) is 0 Å². The summed E-state index contributed by atoms with van der Waals surface area (Å²) in [6.07, 6.45) is 7.18. The van der Waals surface area contributed by atoms with Gasteiger partial charge >= 0.3 is 5.97 Å². The molecule has 1 aromatic carbocycles. The number of nitro groups is 1. The number of nitrogens with zero attached hydrogens (tertiary/aromatic N) is 2. The van der Waals surface area contributed by atoms with E-state index in [1.54, 1.807) is 12.3 Å². The molecule has 11 nitrogen and oxygen atoms in total. The molecule has 8 atom stereocenters. The van der Waals surface area contributed by atoms with Gasteiger partial charge in [0.25, 0.3) is 11.6 Å². The van der Waals surface area contributed by atoms with E-state index in [2.05, 4.69) is 17.5 Å². The Morgan fingerprint density at radius 3 is 2.61 bits per heavy atom. The number of fused-ring (bicyclic) bond motifs is 5. The molecule has 0 saturated heterocycles. The monoisotopic (exact) mass is 567 g/mol. The van der Waals surface area contributed by atoms with Crippen molar-refractivity contribution in [1.29, 1.82) is 0 Å². The molecule has 1 amide bonds. The Morgan fingerprint density at radius 1 is 1.12 bits per heavy atom. The number of carbonyl (C=O) groups is 2. The van der Waals surface area contributed by atoms with Crippen molar-refractivity contribution in [3.63, 3.8) is 0 Å². The van der Waals surface area contributed by atoms with Gasteiger partial charge in [0.2, 0.25) is 0 Å². The Morgan fingerprint density at radius 2 is 1.88 bits per heavy atom. The lowest BCUT2D eigenvalue weighted by molar-refractivity contribution is -0.385. The first kappa shape index (κ1) is 28.0. The lowest BCUT2D eigenvalue weighted by Crippen LogP contribution is -2.68. The Hall–Kier alpha value is -3.15. The summed E-state index contributed by atoms with van der Waals surface area (Å²) >= 11 is 0. The van der Waals surface area contributed by atoms with Crippen molar-refractivity contribution in [3.8, 4) is 0 Å². The average Bonchev–Trinajstić information content (AvgIpc) is 3.48. The van der Waals surface area contributed by atoms with Gasteiger partial charge < -0.3 is 20.1 Å². The zero-order valence-electron chi connectivity index (χ0n) is 23.1. The number of hydrogen-bond acceptors (Lipinski definition) is 9. The molecule has 0 radical (unpaired) electrons. The van der Waals surface area contributed by atoms with Gasteiger partial charge in [0.05, 0.1) is 22.2 Å². The summed E-state index contributed by atoms with van der Waals surface area (Å²) in [5.41, 5.74) is -0.754. The van der Waals surface area contributed by atoms with Crippen molar-refractivity contribution < 1.29 is 34.6 Å². The number of amides is 1. The first-order valence-electron chi connectivity index (χ1n) is 14.5. The molecular weight excluding hydrogens is 530 g/mol. The third-order valence-corrected chi connectivity index (χ3v) is 11.4. The van der Waals surface area contributed by atoms with Crippen LogP contribution >= 0.6 is 0 Å². The second-order valence-electron chi connectivity index (χ2n) is 13.0. The van der Waals surface area contributed by atoms with E-state index in [-0.39, 0.29) is 48.0 Å². The second kappa shape index (κ2) is 9.71. The van der Waals surface area contributed by atoms with Crippen LogP contribution in [0.3, 0.4) is 0 Å². The molecule has 5 unspecified atom stereocenters. The Balaban J connectivity index is 1.32. The molecule has 1 aromatic rings. The van der Waals surface area contributed by atoms with Crippen LogP contribution in [0.4, 0.5) is 5.69 Å². The molecule has 41 heavy (non-hydrogen) atoms. The normalized spacial score (nSPS) is 41.7. The fourth-order valence-electron chi connectivity index (χ4n) is 9.45. The highest BCUT2D eigenvalue weighted by molar-refractivity contribution is 5.98. The molecule has 11 heteroatoms. The van der Waals surface area contributed by atoms with Crippen LogP contribution in [-0.4, -0.2) is 62.2 Å². The molecule has 4 aliphatic carbocycles. The number of aliphatic hydroxyl groups is 3. The summed E-state index contributed by atoms with van der Waals surface area (Å²) in [4.78, 5) is 35.5. The zero-order valence-corrected chi connectivity index (χ0v) is 23.1. The predicted octanol–water partition coefficient (Wildman–Crippen LogP) is 3.02. The smallest absolute Gasteiger partial charge is 0.331 e. The fraction of sp³-hybridized carbons (Fsp3) is 0.633. The fourth-order valence-corrected chi connectivity index (χ4v) is 9.45. The van der Waals surface area contributed by atoms with Gasteiger partial charge in [-0.2, -0.15) is 5.10 Å². The molecule has 4 fully saturated rings. The van der Waals surface area contributed by atoms with E-state index in [0.717, 1.165) is 12.0 Å². The van der Waals surface area contributed by atoms with Crippen LogP contribution in [0.25, 0.3) is 0 Å². The first-order valence-corrected chi connectivity index (χ1v) is 14.5. The minimum absolute atomic E-state index is 0.0273. The number of esters is 1. The molecule has 6 rings (SSSR count). The largest absolute Gasteiger partial charge is 0.458 e.